The topological polar surface area (TPSA) is 43.6 Å². The van der Waals surface area contributed by atoms with Crippen LogP contribution in [0.15, 0.2) is 34.9 Å². The Kier molecular flexibility index (Phi) is 4.69. The molecule has 0 aliphatic rings. The highest BCUT2D eigenvalue weighted by Crippen LogP contribution is 2.35. The minimum Gasteiger partial charge on any atom is -0.493 e. The van der Waals surface area contributed by atoms with Gasteiger partial charge in [-0.25, -0.2) is 0 Å². The molecule has 20 heavy (non-hydrogen) atoms. The van der Waals surface area contributed by atoms with E-state index in [1.807, 2.05) is 24.3 Å². The van der Waals surface area contributed by atoms with Crippen molar-refractivity contribution in [3.8, 4) is 22.8 Å². The fourth-order valence-corrected chi connectivity index (χ4v) is 2.04. The Morgan fingerprint density at radius 1 is 1.15 bits per heavy atom. The van der Waals surface area contributed by atoms with E-state index in [9.17, 15) is 0 Å². The lowest BCUT2D eigenvalue weighted by Crippen LogP contribution is -2.22. The zero-order valence-electron chi connectivity index (χ0n) is 12.4. The van der Waals surface area contributed by atoms with Crippen LogP contribution in [0.2, 0.25) is 0 Å². The smallest absolute Gasteiger partial charge is 0.161 e. The van der Waals surface area contributed by atoms with E-state index in [0.717, 1.165) is 29.2 Å². The lowest BCUT2D eigenvalue weighted by Gasteiger charge is -2.15. The number of furan rings is 1. The predicted molar refractivity (Wildman–Crippen MR) is 79.2 cm³/mol. The molecule has 2 aromatic rings. The summed E-state index contributed by atoms with van der Waals surface area (Å²) in [7, 11) is 3.28. The second kappa shape index (κ2) is 6.48. The Hall–Kier alpha value is -1.94. The van der Waals surface area contributed by atoms with Crippen molar-refractivity contribution in [2.24, 2.45) is 0 Å². The first-order chi connectivity index (χ1) is 9.65. The molecule has 108 valence electrons. The molecule has 0 unspecified atom stereocenters. The van der Waals surface area contributed by atoms with Crippen molar-refractivity contribution in [2.75, 3.05) is 14.2 Å². The molecule has 0 spiro atoms. The summed E-state index contributed by atoms with van der Waals surface area (Å²) in [5.41, 5.74) is 2.13. The Labute approximate surface area is 119 Å². The molecule has 1 aromatic carbocycles. The van der Waals surface area contributed by atoms with Crippen LogP contribution in [0.3, 0.4) is 0 Å². The number of hydrogen-bond donors (Lipinski definition) is 1. The van der Waals surface area contributed by atoms with Crippen molar-refractivity contribution >= 4 is 0 Å². The summed E-state index contributed by atoms with van der Waals surface area (Å²) < 4.78 is 16.3. The maximum absolute atomic E-state index is 5.52. The molecule has 0 saturated carbocycles. The van der Waals surface area contributed by atoms with Crippen molar-refractivity contribution in [2.45, 2.75) is 26.4 Å². The van der Waals surface area contributed by atoms with E-state index >= 15 is 0 Å². The molecule has 0 radical (unpaired) electrons. The van der Waals surface area contributed by atoms with Gasteiger partial charge in [0.15, 0.2) is 11.5 Å². The average molecular weight is 275 g/mol. The van der Waals surface area contributed by atoms with Crippen molar-refractivity contribution in [3.05, 3.63) is 36.1 Å². The SMILES string of the molecule is COc1cc(CNC(C)C)c(-c2ccco2)cc1OC. The van der Waals surface area contributed by atoms with Gasteiger partial charge in [0.2, 0.25) is 0 Å². The van der Waals surface area contributed by atoms with Gasteiger partial charge in [-0.2, -0.15) is 0 Å². The number of ether oxygens (including phenoxy) is 2. The molecule has 0 aliphatic heterocycles. The van der Waals surface area contributed by atoms with Gasteiger partial charge in [0.25, 0.3) is 0 Å². The molecule has 2 rings (SSSR count). The second-order valence-electron chi connectivity index (χ2n) is 4.88. The molecule has 4 nitrogen and oxygen atoms in total. The van der Waals surface area contributed by atoms with Gasteiger partial charge in [-0.1, -0.05) is 13.8 Å². The van der Waals surface area contributed by atoms with Crippen LogP contribution >= 0.6 is 0 Å². The van der Waals surface area contributed by atoms with Crippen molar-refractivity contribution < 1.29 is 13.9 Å². The zero-order valence-corrected chi connectivity index (χ0v) is 12.4. The lowest BCUT2D eigenvalue weighted by molar-refractivity contribution is 0.354. The Bertz CT molecular complexity index is 547. The Morgan fingerprint density at radius 3 is 2.40 bits per heavy atom. The standard InChI is InChI=1S/C16H21NO3/c1-11(2)17-10-12-8-15(18-3)16(19-4)9-13(12)14-6-5-7-20-14/h5-9,11,17H,10H2,1-4H3. The molecular formula is C16H21NO3. The summed E-state index contributed by atoms with van der Waals surface area (Å²) in [6.45, 7) is 4.98. The van der Waals surface area contributed by atoms with Gasteiger partial charge in [-0.05, 0) is 29.8 Å². The van der Waals surface area contributed by atoms with Crippen molar-refractivity contribution in [3.63, 3.8) is 0 Å². The fraction of sp³-hybridized carbons (Fsp3) is 0.375. The molecule has 1 heterocycles. The van der Waals surface area contributed by atoms with Gasteiger partial charge in [0.1, 0.15) is 5.76 Å². The third-order valence-corrected chi connectivity index (χ3v) is 3.10. The van der Waals surface area contributed by atoms with Crippen LogP contribution in [0, 0.1) is 0 Å². The highest BCUT2D eigenvalue weighted by molar-refractivity contribution is 5.67. The minimum absolute atomic E-state index is 0.410. The molecule has 1 aromatic heterocycles. The number of hydrogen-bond acceptors (Lipinski definition) is 4. The number of nitrogens with one attached hydrogen (secondary N) is 1. The van der Waals surface area contributed by atoms with Crippen LogP contribution in [0.25, 0.3) is 11.3 Å². The molecule has 1 N–H and O–H groups in total. The van der Waals surface area contributed by atoms with Crippen LogP contribution in [0.4, 0.5) is 0 Å². The third-order valence-electron chi connectivity index (χ3n) is 3.10. The highest BCUT2D eigenvalue weighted by atomic mass is 16.5. The lowest BCUT2D eigenvalue weighted by atomic mass is 10.0. The average Bonchev–Trinajstić information content (AvgIpc) is 2.97. The summed E-state index contributed by atoms with van der Waals surface area (Å²) in [5, 5.41) is 3.41. The van der Waals surface area contributed by atoms with Gasteiger partial charge >= 0.3 is 0 Å². The van der Waals surface area contributed by atoms with Crippen LogP contribution < -0.4 is 14.8 Å². The maximum Gasteiger partial charge on any atom is 0.161 e. The summed E-state index contributed by atoms with van der Waals surface area (Å²) in [5.74, 6) is 2.25. The molecule has 0 aliphatic carbocycles. The summed E-state index contributed by atoms with van der Waals surface area (Å²) in [6, 6.07) is 8.18. The van der Waals surface area contributed by atoms with Crippen molar-refractivity contribution in [1.82, 2.24) is 5.32 Å². The van der Waals surface area contributed by atoms with E-state index in [4.69, 9.17) is 13.9 Å². The third kappa shape index (κ3) is 3.14. The van der Waals surface area contributed by atoms with Crippen molar-refractivity contribution in [1.29, 1.82) is 0 Å². The Morgan fingerprint density at radius 2 is 1.85 bits per heavy atom. The highest BCUT2D eigenvalue weighted by Gasteiger charge is 2.14. The fourth-order valence-electron chi connectivity index (χ4n) is 2.04. The number of rotatable bonds is 6. The molecule has 0 fully saturated rings. The summed E-state index contributed by atoms with van der Waals surface area (Å²) >= 11 is 0. The largest absolute Gasteiger partial charge is 0.493 e. The quantitative estimate of drug-likeness (QED) is 0.876. The van der Waals surface area contributed by atoms with Gasteiger partial charge in [-0.15, -0.1) is 0 Å². The maximum atomic E-state index is 5.52. The first kappa shape index (κ1) is 14.5. The van der Waals surface area contributed by atoms with Gasteiger partial charge in [0.05, 0.1) is 20.5 Å². The molecule has 0 amide bonds. The van der Waals surface area contributed by atoms with E-state index in [1.165, 1.54) is 0 Å². The van der Waals surface area contributed by atoms with E-state index in [2.05, 4.69) is 19.2 Å². The summed E-state index contributed by atoms with van der Waals surface area (Å²) in [4.78, 5) is 0. The van der Waals surface area contributed by atoms with Crippen LogP contribution in [0.1, 0.15) is 19.4 Å². The summed E-state index contributed by atoms with van der Waals surface area (Å²) in [6.07, 6.45) is 1.67. The normalized spacial score (nSPS) is 10.8. The molecule has 0 atom stereocenters. The van der Waals surface area contributed by atoms with Crippen LogP contribution in [0.5, 0.6) is 11.5 Å². The van der Waals surface area contributed by atoms with E-state index in [-0.39, 0.29) is 0 Å². The predicted octanol–water partition coefficient (Wildman–Crippen LogP) is 3.46. The first-order valence-electron chi connectivity index (χ1n) is 6.68. The van der Waals surface area contributed by atoms with E-state index < -0.39 is 0 Å². The van der Waals surface area contributed by atoms with Crippen LogP contribution in [-0.4, -0.2) is 20.3 Å². The van der Waals surface area contributed by atoms with Gasteiger partial charge < -0.3 is 19.2 Å². The molecule has 4 heteroatoms. The Balaban J connectivity index is 2.45. The monoisotopic (exact) mass is 275 g/mol. The first-order valence-corrected chi connectivity index (χ1v) is 6.68. The van der Waals surface area contributed by atoms with Crippen LogP contribution in [-0.2, 0) is 6.54 Å². The molecule has 0 bridgehead atoms. The minimum atomic E-state index is 0.410. The van der Waals surface area contributed by atoms with E-state index in [1.54, 1.807) is 20.5 Å². The van der Waals surface area contributed by atoms with Gasteiger partial charge in [0, 0.05) is 18.2 Å². The molecule has 0 saturated heterocycles. The number of methoxy groups -OCH3 is 2. The number of benzene rings is 1. The second-order valence-corrected chi connectivity index (χ2v) is 4.88. The zero-order chi connectivity index (χ0) is 14.5. The van der Waals surface area contributed by atoms with Gasteiger partial charge in [-0.3, -0.25) is 0 Å². The van der Waals surface area contributed by atoms with E-state index in [0.29, 0.717) is 11.8 Å². The molecular weight excluding hydrogens is 254 g/mol.